The molecule has 6 heteroatoms. The summed E-state index contributed by atoms with van der Waals surface area (Å²) in [6.45, 7) is 1.64. The molecule has 1 aromatic rings. The molecule has 1 amide bonds. The lowest BCUT2D eigenvalue weighted by Crippen LogP contribution is -2.39. The number of amides is 1. The maximum Gasteiger partial charge on any atom is 0.274 e. The van der Waals surface area contributed by atoms with Crippen LogP contribution in [-0.4, -0.2) is 52.6 Å². The summed E-state index contributed by atoms with van der Waals surface area (Å²) in [6, 6.07) is 3.50. The minimum atomic E-state index is -0.00953. The minimum absolute atomic E-state index is 0.00953. The van der Waals surface area contributed by atoms with E-state index in [-0.39, 0.29) is 5.91 Å². The van der Waals surface area contributed by atoms with E-state index < -0.39 is 0 Å². The van der Waals surface area contributed by atoms with Gasteiger partial charge in [-0.2, -0.15) is 11.8 Å². The fraction of sp³-hybridized carbons (Fsp3) is 0.583. The van der Waals surface area contributed by atoms with Crippen molar-refractivity contribution >= 4 is 23.5 Å². The zero-order chi connectivity index (χ0) is 13.0. The number of nitrogens with zero attached hydrogens (tertiary/aromatic N) is 3. The molecule has 0 saturated carbocycles. The maximum atomic E-state index is 12.2. The van der Waals surface area contributed by atoms with Gasteiger partial charge in [-0.1, -0.05) is 0 Å². The second-order valence-electron chi connectivity index (χ2n) is 4.28. The standard InChI is InChI=1S/C12H18N4OS/c1-13-11-4-3-10(14-15-11)12(17)16-7-5-9(18-2)6-8-16/h3-4,9H,5-8H2,1-2H3,(H,13,15). The summed E-state index contributed by atoms with van der Waals surface area (Å²) in [7, 11) is 1.78. The highest BCUT2D eigenvalue weighted by Gasteiger charge is 2.23. The highest BCUT2D eigenvalue weighted by molar-refractivity contribution is 7.99. The molecule has 0 aliphatic carbocycles. The third kappa shape index (κ3) is 2.93. The summed E-state index contributed by atoms with van der Waals surface area (Å²) in [4.78, 5) is 14.1. The lowest BCUT2D eigenvalue weighted by Gasteiger charge is -2.30. The third-order valence-electron chi connectivity index (χ3n) is 3.20. The molecule has 5 nitrogen and oxygen atoms in total. The Hall–Kier alpha value is -1.30. The molecule has 1 fully saturated rings. The first-order valence-electron chi connectivity index (χ1n) is 6.08. The number of anilines is 1. The fourth-order valence-electron chi connectivity index (χ4n) is 2.04. The van der Waals surface area contributed by atoms with Crippen molar-refractivity contribution in [1.82, 2.24) is 15.1 Å². The highest BCUT2D eigenvalue weighted by Crippen LogP contribution is 2.21. The van der Waals surface area contributed by atoms with Crippen LogP contribution in [0.1, 0.15) is 23.3 Å². The van der Waals surface area contributed by atoms with Gasteiger partial charge in [0.05, 0.1) is 0 Å². The van der Waals surface area contributed by atoms with E-state index in [0.29, 0.717) is 16.8 Å². The van der Waals surface area contributed by atoms with Crippen molar-refractivity contribution in [3.8, 4) is 0 Å². The Balaban J connectivity index is 1.98. The summed E-state index contributed by atoms with van der Waals surface area (Å²) in [5.41, 5.74) is 0.427. The number of carbonyl (C=O) groups excluding carboxylic acids is 1. The number of nitrogens with one attached hydrogen (secondary N) is 1. The zero-order valence-corrected chi connectivity index (χ0v) is 11.5. The van der Waals surface area contributed by atoms with Crippen molar-refractivity contribution in [2.75, 3.05) is 31.7 Å². The van der Waals surface area contributed by atoms with Crippen LogP contribution in [-0.2, 0) is 0 Å². The average Bonchev–Trinajstić information content (AvgIpc) is 2.47. The summed E-state index contributed by atoms with van der Waals surface area (Å²) in [6.07, 6.45) is 4.26. The Morgan fingerprint density at radius 2 is 2.11 bits per heavy atom. The van der Waals surface area contributed by atoms with E-state index in [1.165, 1.54) is 0 Å². The van der Waals surface area contributed by atoms with Crippen molar-refractivity contribution in [2.45, 2.75) is 18.1 Å². The molecule has 1 aliphatic heterocycles. The molecule has 1 aromatic heterocycles. The second-order valence-corrected chi connectivity index (χ2v) is 5.42. The molecule has 0 atom stereocenters. The van der Waals surface area contributed by atoms with Gasteiger partial charge in [0.1, 0.15) is 5.82 Å². The van der Waals surface area contributed by atoms with Gasteiger partial charge < -0.3 is 10.2 Å². The average molecular weight is 266 g/mol. The smallest absolute Gasteiger partial charge is 0.274 e. The van der Waals surface area contributed by atoms with Gasteiger partial charge in [0.15, 0.2) is 5.69 Å². The number of rotatable bonds is 3. The van der Waals surface area contributed by atoms with Crippen LogP contribution in [0.3, 0.4) is 0 Å². The fourth-order valence-corrected chi connectivity index (χ4v) is 2.72. The number of hydrogen-bond donors (Lipinski definition) is 1. The minimum Gasteiger partial charge on any atom is -0.372 e. The van der Waals surface area contributed by atoms with Crippen LogP contribution in [0.25, 0.3) is 0 Å². The Kier molecular flexibility index (Phi) is 4.41. The molecule has 0 radical (unpaired) electrons. The van der Waals surface area contributed by atoms with Crippen molar-refractivity contribution in [1.29, 1.82) is 0 Å². The topological polar surface area (TPSA) is 58.1 Å². The molecule has 0 bridgehead atoms. The summed E-state index contributed by atoms with van der Waals surface area (Å²) >= 11 is 1.89. The van der Waals surface area contributed by atoms with E-state index in [2.05, 4.69) is 21.8 Å². The number of piperidine rings is 1. The van der Waals surface area contributed by atoms with Crippen LogP contribution in [0, 0.1) is 0 Å². The lowest BCUT2D eigenvalue weighted by atomic mass is 10.1. The predicted molar refractivity (Wildman–Crippen MR) is 74.0 cm³/mol. The van der Waals surface area contributed by atoms with Crippen LogP contribution in [0.2, 0.25) is 0 Å². The Labute approximate surface area is 111 Å². The van der Waals surface area contributed by atoms with Crippen LogP contribution in [0.4, 0.5) is 5.82 Å². The highest BCUT2D eigenvalue weighted by atomic mass is 32.2. The zero-order valence-electron chi connectivity index (χ0n) is 10.7. The normalized spacial score (nSPS) is 16.7. The first kappa shape index (κ1) is 13.1. The predicted octanol–water partition coefficient (Wildman–Crippen LogP) is 1.49. The van der Waals surface area contributed by atoms with E-state index in [1.807, 2.05) is 16.7 Å². The van der Waals surface area contributed by atoms with Crippen molar-refractivity contribution in [3.63, 3.8) is 0 Å². The van der Waals surface area contributed by atoms with Gasteiger partial charge in [0, 0.05) is 25.4 Å². The van der Waals surface area contributed by atoms with Gasteiger partial charge >= 0.3 is 0 Å². The first-order chi connectivity index (χ1) is 8.74. The maximum absolute atomic E-state index is 12.2. The molecule has 0 unspecified atom stereocenters. The van der Waals surface area contributed by atoms with Crippen LogP contribution < -0.4 is 5.32 Å². The monoisotopic (exact) mass is 266 g/mol. The Morgan fingerprint density at radius 1 is 1.39 bits per heavy atom. The molecule has 2 heterocycles. The van der Waals surface area contributed by atoms with Gasteiger partial charge in [-0.15, -0.1) is 10.2 Å². The molecule has 1 N–H and O–H groups in total. The van der Waals surface area contributed by atoms with Crippen molar-refractivity contribution < 1.29 is 4.79 Å². The molecular formula is C12H18N4OS. The molecule has 1 saturated heterocycles. The van der Waals surface area contributed by atoms with Gasteiger partial charge in [0.25, 0.3) is 5.91 Å². The van der Waals surface area contributed by atoms with Gasteiger partial charge in [-0.3, -0.25) is 4.79 Å². The van der Waals surface area contributed by atoms with Crippen LogP contribution in [0.5, 0.6) is 0 Å². The Morgan fingerprint density at radius 3 is 2.61 bits per heavy atom. The van der Waals surface area contributed by atoms with E-state index in [9.17, 15) is 4.79 Å². The molecule has 2 rings (SSSR count). The van der Waals surface area contributed by atoms with Crippen molar-refractivity contribution in [2.24, 2.45) is 0 Å². The van der Waals surface area contributed by atoms with Crippen LogP contribution >= 0.6 is 11.8 Å². The quantitative estimate of drug-likeness (QED) is 0.898. The van der Waals surface area contributed by atoms with Gasteiger partial charge in [-0.05, 0) is 31.2 Å². The SMILES string of the molecule is CNc1ccc(C(=O)N2CCC(SC)CC2)nn1. The van der Waals surface area contributed by atoms with E-state index >= 15 is 0 Å². The first-order valence-corrected chi connectivity index (χ1v) is 7.37. The largest absolute Gasteiger partial charge is 0.372 e. The van der Waals surface area contributed by atoms with Gasteiger partial charge in [0.2, 0.25) is 0 Å². The Bertz CT molecular complexity index is 401. The number of thioether (sulfide) groups is 1. The number of aromatic nitrogens is 2. The van der Waals surface area contributed by atoms with E-state index in [0.717, 1.165) is 25.9 Å². The van der Waals surface area contributed by atoms with E-state index in [4.69, 9.17) is 0 Å². The third-order valence-corrected chi connectivity index (χ3v) is 4.34. The van der Waals surface area contributed by atoms with E-state index in [1.54, 1.807) is 19.2 Å². The lowest BCUT2D eigenvalue weighted by molar-refractivity contribution is 0.0720. The molecular weight excluding hydrogens is 248 g/mol. The molecule has 18 heavy (non-hydrogen) atoms. The molecule has 0 aromatic carbocycles. The number of likely N-dealkylation sites (tertiary alicyclic amines) is 1. The molecule has 98 valence electrons. The molecule has 1 aliphatic rings. The second kappa shape index (κ2) is 6.04. The van der Waals surface area contributed by atoms with Crippen molar-refractivity contribution in [3.05, 3.63) is 17.8 Å². The van der Waals surface area contributed by atoms with Crippen LogP contribution in [0.15, 0.2) is 12.1 Å². The summed E-state index contributed by atoms with van der Waals surface area (Å²) in [5, 5.41) is 11.5. The van der Waals surface area contributed by atoms with Gasteiger partial charge in [-0.25, -0.2) is 0 Å². The number of hydrogen-bond acceptors (Lipinski definition) is 5. The number of carbonyl (C=O) groups is 1. The molecule has 0 spiro atoms. The summed E-state index contributed by atoms with van der Waals surface area (Å²) < 4.78 is 0. The summed E-state index contributed by atoms with van der Waals surface area (Å²) in [5.74, 6) is 0.664.